The molecule has 0 aromatic heterocycles. The highest BCUT2D eigenvalue weighted by atomic mass is 16.2. The lowest BCUT2D eigenvalue weighted by atomic mass is 9.67. The van der Waals surface area contributed by atoms with E-state index in [-0.39, 0.29) is 0 Å². The summed E-state index contributed by atoms with van der Waals surface area (Å²) in [6, 6.07) is 0.577. The van der Waals surface area contributed by atoms with E-state index in [1.54, 1.807) is 0 Å². The zero-order valence-corrected chi connectivity index (χ0v) is 10.8. The quantitative estimate of drug-likeness (QED) is 0.666. The first-order chi connectivity index (χ1) is 7.53. The molecule has 16 heavy (non-hydrogen) atoms. The first kappa shape index (κ1) is 10.6. The van der Waals surface area contributed by atoms with Crippen LogP contribution in [0.25, 0.3) is 0 Å². The summed E-state index contributed by atoms with van der Waals surface area (Å²) in [4.78, 5) is 14.2. The third-order valence-electron chi connectivity index (χ3n) is 6.19. The summed E-state index contributed by atoms with van der Waals surface area (Å²) >= 11 is 0. The second-order valence-electron chi connectivity index (χ2n) is 6.56. The Morgan fingerprint density at radius 1 is 1.38 bits per heavy atom. The molecule has 3 rings (SSSR count). The van der Waals surface area contributed by atoms with E-state index < -0.39 is 0 Å². The molecule has 2 heteroatoms. The lowest BCUT2D eigenvalue weighted by Gasteiger charge is -2.39. The van der Waals surface area contributed by atoms with Gasteiger partial charge in [-0.25, -0.2) is 0 Å². The second kappa shape index (κ2) is 3.02. The van der Waals surface area contributed by atoms with Crippen molar-refractivity contribution in [2.75, 3.05) is 6.54 Å². The Morgan fingerprint density at radius 2 is 2.12 bits per heavy atom. The molecule has 2 saturated carbocycles. The average molecular weight is 221 g/mol. The molecule has 2 nitrogen and oxygen atoms in total. The molecule has 3 atom stereocenters. The van der Waals surface area contributed by atoms with Crippen LogP contribution in [0.4, 0.5) is 0 Å². The van der Waals surface area contributed by atoms with Crippen LogP contribution < -0.4 is 0 Å². The third kappa shape index (κ3) is 0.970. The van der Waals surface area contributed by atoms with Crippen molar-refractivity contribution in [3.05, 3.63) is 0 Å². The van der Waals surface area contributed by atoms with Gasteiger partial charge in [0.1, 0.15) is 0 Å². The van der Waals surface area contributed by atoms with Gasteiger partial charge in [-0.3, -0.25) is 4.79 Å². The van der Waals surface area contributed by atoms with Gasteiger partial charge in [-0.15, -0.1) is 0 Å². The van der Waals surface area contributed by atoms with Gasteiger partial charge in [0, 0.05) is 19.0 Å². The smallest absolute Gasteiger partial charge is 0.222 e. The van der Waals surface area contributed by atoms with E-state index in [9.17, 15) is 4.79 Å². The van der Waals surface area contributed by atoms with E-state index in [1.807, 2.05) is 6.92 Å². The number of hydrogen-bond donors (Lipinski definition) is 0. The van der Waals surface area contributed by atoms with Crippen LogP contribution in [0.1, 0.15) is 52.9 Å². The number of likely N-dealkylation sites (tertiary alicyclic amines) is 1. The van der Waals surface area contributed by atoms with Crippen molar-refractivity contribution in [1.29, 1.82) is 0 Å². The maximum absolute atomic E-state index is 12.0. The van der Waals surface area contributed by atoms with E-state index in [0.717, 1.165) is 12.5 Å². The third-order valence-corrected chi connectivity index (χ3v) is 6.19. The zero-order valence-electron chi connectivity index (χ0n) is 10.8. The highest BCUT2D eigenvalue weighted by Gasteiger charge is 2.67. The summed E-state index contributed by atoms with van der Waals surface area (Å²) in [5.41, 5.74) is 0.947. The molecule has 0 radical (unpaired) electrons. The van der Waals surface area contributed by atoms with Crippen LogP contribution in [0, 0.1) is 16.7 Å². The van der Waals surface area contributed by atoms with Gasteiger partial charge in [-0.2, -0.15) is 0 Å². The van der Waals surface area contributed by atoms with Crippen LogP contribution in [0.2, 0.25) is 0 Å². The first-order valence-corrected chi connectivity index (χ1v) is 6.82. The lowest BCUT2D eigenvalue weighted by Crippen LogP contribution is -2.42. The second-order valence-corrected chi connectivity index (χ2v) is 6.56. The van der Waals surface area contributed by atoms with Crippen LogP contribution in [0.3, 0.4) is 0 Å². The van der Waals surface area contributed by atoms with Crippen molar-refractivity contribution in [3.8, 4) is 0 Å². The van der Waals surface area contributed by atoms with Crippen molar-refractivity contribution >= 4 is 5.91 Å². The molecule has 0 aromatic rings. The molecular weight excluding hydrogens is 198 g/mol. The molecule has 0 aromatic carbocycles. The molecule has 2 bridgehead atoms. The number of fused-ring (bicyclic) bond motifs is 1. The van der Waals surface area contributed by atoms with Gasteiger partial charge in [0.2, 0.25) is 5.91 Å². The van der Waals surface area contributed by atoms with E-state index in [0.29, 0.717) is 29.2 Å². The molecule has 3 aliphatic rings. The molecule has 1 heterocycles. The summed E-state index contributed by atoms with van der Waals surface area (Å²) < 4.78 is 0. The molecular formula is C14H23NO. The fraction of sp³-hybridized carbons (Fsp3) is 0.929. The van der Waals surface area contributed by atoms with E-state index in [1.165, 1.54) is 25.7 Å². The largest absolute Gasteiger partial charge is 0.339 e. The fourth-order valence-electron chi connectivity index (χ4n) is 5.04. The number of carbonyl (C=O) groups excluding carboxylic acids is 1. The van der Waals surface area contributed by atoms with Crippen LogP contribution in [0.15, 0.2) is 0 Å². The molecule has 90 valence electrons. The maximum Gasteiger partial charge on any atom is 0.222 e. The highest BCUT2D eigenvalue weighted by molar-refractivity contribution is 5.76. The van der Waals surface area contributed by atoms with Crippen LogP contribution >= 0.6 is 0 Å². The standard InChI is InChI=1S/C14H23NO/c1-4-12(16)15-8-7-14-6-5-10(9-11(14)15)13(14,2)3/h10-11H,4-9H2,1-3H3. The summed E-state index contributed by atoms with van der Waals surface area (Å²) in [7, 11) is 0. The van der Waals surface area contributed by atoms with Crippen LogP contribution in [0.5, 0.6) is 0 Å². The van der Waals surface area contributed by atoms with Crippen molar-refractivity contribution in [2.24, 2.45) is 16.7 Å². The molecule has 3 unspecified atom stereocenters. The van der Waals surface area contributed by atoms with Crippen LogP contribution in [-0.4, -0.2) is 23.4 Å². The molecule has 3 fully saturated rings. The molecule has 1 spiro atoms. The van der Waals surface area contributed by atoms with Crippen molar-refractivity contribution in [3.63, 3.8) is 0 Å². The Morgan fingerprint density at radius 3 is 2.75 bits per heavy atom. The monoisotopic (exact) mass is 221 g/mol. The Balaban J connectivity index is 1.94. The van der Waals surface area contributed by atoms with Gasteiger partial charge in [0.15, 0.2) is 0 Å². The number of nitrogens with zero attached hydrogens (tertiary/aromatic N) is 1. The summed E-state index contributed by atoms with van der Waals surface area (Å²) in [6.45, 7) is 7.91. The van der Waals surface area contributed by atoms with Gasteiger partial charge >= 0.3 is 0 Å². The lowest BCUT2D eigenvalue weighted by molar-refractivity contribution is -0.132. The van der Waals surface area contributed by atoms with Crippen molar-refractivity contribution < 1.29 is 4.79 Å². The minimum atomic E-state index is 0.380. The van der Waals surface area contributed by atoms with Gasteiger partial charge in [0.25, 0.3) is 0 Å². The normalized spacial score (nSPS) is 43.8. The Kier molecular flexibility index (Phi) is 2.01. The molecule has 1 amide bonds. The first-order valence-electron chi connectivity index (χ1n) is 6.82. The Bertz CT molecular complexity index is 336. The number of amides is 1. The minimum Gasteiger partial charge on any atom is -0.339 e. The predicted molar refractivity (Wildman–Crippen MR) is 64.0 cm³/mol. The average Bonchev–Trinajstić information content (AvgIpc) is 2.83. The van der Waals surface area contributed by atoms with Gasteiger partial charge < -0.3 is 4.90 Å². The van der Waals surface area contributed by atoms with Gasteiger partial charge in [-0.1, -0.05) is 20.8 Å². The molecule has 2 aliphatic carbocycles. The van der Waals surface area contributed by atoms with Crippen molar-refractivity contribution in [2.45, 2.75) is 58.9 Å². The summed E-state index contributed by atoms with van der Waals surface area (Å²) in [5.74, 6) is 1.25. The molecule has 0 N–H and O–H groups in total. The highest BCUT2D eigenvalue weighted by Crippen LogP contribution is 2.70. The van der Waals surface area contributed by atoms with Gasteiger partial charge in [0.05, 0.1) is 0 Å². The Labute approximate surface area is 98.4 Å². The number of carbonyl (C=O) groups is 1. The number of rotatable bonds is 1. The number of hydrogen-bond acceptors (Lipinski definition) is 1. The topological polar surface area (TPSA) is 20.3 Å². The van der Waals surface area contributed by atoms with E-state index in [2.05, 4.69) is 18.7 Å². The minimum absolute atomic E-state index is 0.380. The fourth-order valence-corrected chi connectivity index (χ4v) is 5.04. The van der Waals surface area contributed by atoms with Gasteiger partial charge in [-0.05, 0) is 42.4 Å². The van der Waals surface area contributed by atoms with Crippen molar-refractivity contribution in [1.82, 2.24) is 4.90 Å². The predicted octanol–water partition coefficient (Wildman–Crippen LogP) is 2.82. The Hall–Kier alpha value is -0.530. The van der Waals surface area contributed by atoms with E-state index in [4.69, 9.17) is 0 Å². The summed E-state index contributed by atoms with van der Waals surface area (Å²) in [6.07, 6.45) is 5.98. The summed E-state index contributed by atoms with van der Waals surface area (Å²) in [5, 5.41) is 0. The molecule has 1 saturated heterocycles. The maximum atomic E-state index is 12.0. The zero-order chi connectivity index (χ0) is 11.6. The SMILES string of the molecule is CCC(=O)N1CCC23CCC(CC12)C3(C)C. The van der Waals surface area contributed by atoms with Crippen LogP contribution in [-0.2, 0) is 4.79 Å². The van der Waals surface area contributed by atoms with E-state index >= 15 is 0 Å². The molecule has 1 aliphatic heterocycles.